The minimum atomic E-state index is -0.0550. The van der Waals surface area contributed by atoms with E-state index in [1.165, 1.54) is 17.5 Å². The first-order chi connectivity index (χ1) is 10.1. The number of fused-ring (bicyclic) bond motifs is 3. The summed E-state index contributed by atoms with van der Waals surface area (Å²) in [6.45, 7) is 7.03. The van der Waals surface area contributed by atoms with Crippen LogP contribution in [0, 0.1) is 11.8 Å². The number of carbonyl (C=O) groups excluding carboxylic acids is 1. The zero-order valence-electron chi connectivity index (χ0n) is 12.9. The summed E-state index contributed by atoms with van der Waals surface area (Å²) in [5.41, 5.74) is 2.86. The third-order valence-electron chi connectivity index (χ3n) is 5.68. The van der Waals surface area contributed by atoms with Crippen molar-refractivity contribution in [3.8, 4) is 0 Å². The number of aryl methyl sites for hydroxylation is 1. The minimum absolute atomic E-state index is 0.0550. The van der Waals surface area contributed by atoms with E-state index in [9.17, 15) is 4.79 Å². The summed E-state index contributed by atoms with van der Waals surface area (Å²) >= 11 is 0. The number of nitrogens with zero attached hydrogens (tertiary/aromatic N) is 1. The molecular weight excluding hydrogens is 260 g/mol. The van der Waals surface area contributed by atoms with Gasteiger partial charge in [0, 0.05) is 31.1 Å². The average molecular weight is 284 g/mol. The zero-order valence-corrected chi connectivity index (χ0v) is 12.9. The molecule has 1 saturated carbocycles. The summed E-state index contributed by atoms with van der Waals surface area (Å²) in [5, 5.41) is 3.40. The molecule has 21 heavy (non-hydrogen) atoms. The van der Waals surface area contributed by atoms with Crippen molar-refractivity contribution < 1.29 is 4.79 Å². The van der Waals surface area contributed by atoms with Gasteiger partial charge in [0.05, 0.1) is 0 Å². The molecule has 1 aliphatic heterocycles. The summed E-state index contributed by atoms with van der Waals surface area (Å²) in [5.74, 6) is 1.73. The molecule has 0 aromatic heterocycles. The van der Waals surface area contributed by atoms with Crippen LogP contribution in [-0.4, -0.2) is 36.0 Å². The summed E-state index contributed by atoms with van der Waals surface area (Å²) < 4.78 is 0. The molecule has 1 saturated heterocycles. The highest BCUT2D eigenvalue weighted by Gasteiger charge is 2.59. The average Bonchev–Trinajstić information content (AvgIpc) is 3.21. The molecule has 1 amide bonds. The van der Waals surface area contributed by atoms with Gasteiger partial charge >= 0.3 is 0 Å². The fourth-order valence-corrected chi connectivity index (χ4v) is 4.47. The number of carbonyl (C=O) groups is 1. The Morgan fingerprint density at radius 2 is 2.14 bits per heavy atom. The van der Waals surface area contributed by atoms with Gasteiger partial charge < -0.3 is 10.2 Å². The van der Waals surface area contributed by atoms with Gasteiger partial charge in [-0.1, -0.05) is 24.3 Å². The van der Waals surface area contributed by atoms with E-state index in [-0.39, 0.29) is 11.5 Å². The van der Waals surface area contributed by atoms with Gasteiger partial charge in [0.25, 0.3) is 0 Å². The molecule has 1 N–H and O–H groups in total. The number of amides is 1. The lowest BCUT2D eigenvalue weighted by atomic mass is 9.92. The number of hydrogen-bond donors (Lipinski definition) is 1. The van der Waals surface area contributed by atoms with Crippen LogP contribution in [0.5, 0.6) is 0 Å². The fourth-order valence-electron chi connectivity index (χ4n) is 4.47. The van der Waals surface area contributed by atoms with Gasteiger partial charge in [-0.15, -0.1) is 0 Å². The number of nitrogens with one attached hydrogen (secondary N) is 1. The highest BCUT2D eigenvalue weighted by Crippen LogP contribution is 2.60. The van der Waals surface area contributed by atoms with E-state index < -0.39 is 0 Å². The van der Waals surface area contributed by atoms with Gasteiger partial charge in [-0.2, -0.15) is 0 Å². The van der Waals surface area contributed by atoms with Gasteiger partial charge in [0.1, 0.15) is 0 Å². The Kier molecular flexibility index (Phi) is 2.90. The van der Waals surface area contributed by atoms with Crippen LogP contribution < -0.4 is 5.32 Å². The highest BCUT2D eigenvalue weighted by atomic mass is 16.2. The Bertz CT molecular complexity index is 580. The molecule has 2 aliphatic carbocycles. The molecule has 4 rings (SSSR count). The van der Waals surface area contributed by atoms with Crippen LogP contribution in [0.1, 0.15) is 37.3 Å². The van der Waals surface area contributed by atoms with Crippen molar-refractivity contribution in [1.29, 1.82) is 0 Å². The van der Waals surface area contributed by atoms with Crippen molar-refractivity contribution in [3.63, 3.8) is 0 Å². The topological polar surface area (TPSA) is 32.3 Å². The smallest absolute Gasteiger partial charge is 0.227 e. The number of hydrogen-bond acceptors (Lipinski definition) is 2. The maximum Gasteiger partial charge on any atom is 0.227 e. The van der Waals surface area contributed by atoms with E-state index in [2.05, 4.69) is 48.3 Å². The summed E-state index contributed by atoms with van der Waals surface area (Å²) in [6, 6.07) is 8.72. The number of rotatable bonds is 1. The largest absolute Gasteiger partial charge is 0.335 e. The molecule has 3 heteroatoms. The molecule has 1 aromatic carbocycles. The van der Waals surface area contributed by atoms with Crippen molar-refractivity contribution in [1.82, 2.24) is 10.2 Å². The van der Waals surface area contributed by atoms with E-state index in [1.807, 2.05) is 0 Å². The van der Waals surface area contributed by atoms with Gasteiger partial charge in [-0.25, -0.2) is 0 Å². The third-order valence-corrected chi connectivity index (χ3v) is 5.68. The SMILES string of the molecule is CC1(C)CNCCN1C(=O)C1C2CCc3ccccc3C21. The Morgan fingerprint density at radius 3 is 2.95 bits per heavy atom. The van der Waals surface area contributed by atoms with Crippen LogP contribution in [-0.2, 0) is 11.2 Å². The molecule has 0 radical (unpaired) electrons. The third kappa shape index (κ3) is 2.02. The molecule has 1 aromatic rings. The van der Waals surface area contributed by atoms with Gasteiger partial charge in [-0.3, -0.25) is 4.79 Å². The van der Waals surface area contributed by atoms with Crippen LogP contribution in [0.25, 0.3) is 0 Å². The second-order valence-corrected chi connectivity index (χ2v) is 7.43. The summed E-state index contributed by atoms with van der Waals surface area (Å²) in [4.78, 5) is 15.2. The van der Waals surface area contributed by atoms with Gasteiger partial charge in [0.15, 0.2) is 0 Å². The van der Waals surface area contributed by atoms with Crippen molar-refractivity contribution in [2.24, 2.45) is 11.8 Å². The van der Waals surface area contributed by atoms with E-state index in [0.717, 1.165) is 26.1 Å². The lowest BCUT2D eigenvalue weighted by Crippen LogP contribution is -2.60. The summed E-state index contributed by atoms with van der Waals surface area (Å²) in [6.07, 6.45) is 2.33. The summed E-state index contributed by atoms with van der Waals surface area (Å²) in [7, 11) is 0. The minimum Gasteiger partial charge on any atom is -0.335 e. The maximum atomic E-state index is 13.1. The van der Waals surface area contributed by atoms with Crippen LogP contribution in [0.15, 0.2) is 24.3 Å². The second-order valence-electron chi connectivity index (χ2n) is 7.43. The maximum absolute atomic E-state index is 13.1. The first-order valence-corrected chi connectivity index (χ1v) is 8.19. The quantitative estimate of drug-likeness (QED) is 0.857. The second kappa shape index (κ2) is 4.57. The first kappa shape index (κ1) is 13.3. The van der Waals surface area contributed by atoms with Crippen LogP contribution in [0.2, 0.25) is 0 Å². The van der Waals surface area contributed by atoms with Crippen molar-refractivity contribution in [3.05, 3.63) is 35.4 Å². The van der Waals surface area contributed by atoms with Crippen LogP contribution >= 0.6 is 0 Å². The van der Waals surface area contributed by atoms with Crippen molar-refractivity contribution in [2.75, 3.05) is 19.6 Å². The number of benzene rings is 1. The Balaban J connectivity index is 1.58. The molecule has 112 valence electrons. The molecule has 0 spiro atoms. The zero-order chi connectivity index (χ0) is 14.6. The van der Waals surface area contributed by atoms with Gasteiger partial charge in [-0.05, 0) is 49.7 Å². The van der Waals surface area contributed by atoms with E-state index >= 15 is 0 Å². The highest BCUT2D eigenvalue weighted by molar-refractivity contribution is 5.85. The molecular formula is C18H24N2O. The Morgan fingerprint density at radius 1 is 1.33 bits per heavy atom. The monoisotopic (exact) mass is 284 g/mol. The Labute approximate surface area is 126 Å². The van der Waals surface area contributed by atoms with Crippen molar-refractivity contribution in [2.45, 2.75) is 38.1 Å². The lowest BCUT2D eigenvalue weighted by Gasteiger charge is -2.43. The molecule has 2 fully saturated rings. The molecule has 3 unspecified atom stereocenters. The molecule has 3 nitrogen and oxygen atoms in total. The number of piperazine rings is 1. The molecule has 3 aliphatic rings. The first-order valence-electron chi connectivity index (χ1n) is 8.19. The Hall–Kier alpha value is -1.35. The molecule has 3 atom stereocenters. The van der Waals surface area contributed by atoms with Crippen LogP contribution in [0.3, 0.4) is 0 Å². The van der Waals surface area contributed by atoms with Crippen molar-refractivity contribution >= 4 is 5.91 Å². The normalized spacial score (nSPS) is 33.0. The van der Waals surface area contributed by atoms with E-state index in [0.29, 0.717) is 17.7 Å². The molecule has 1 heterocycles. The lowest BCUT2D eigenvalue weighted by molar-refractivity contribution is -0.139. The predicted octanol–water partition coefficient (Wildman–Crippen LogP) is 2.17. The fraction of sp³-hybridized carbons (Fsp3) is 0.611. The van der Waals surface area contributed by atoms with Crippen LogP contribution in [0.4, 0.5) is 0 Å². The van der Waals surface area contributed by atoms with E-state index in [4.69, 9.17) is 0 Å². The van der Waals surface area contributed by atoms with Gasteiger partial charge in [0.2, 0.25) is 5.91 Å². The predicted molar refractivity (Wildman–Crippen MR) is 83.1 cm³/mol. The van der Waals surface area contributed by atoms with E-state index in [1.54, 1.807) is 0 Å². The standard InChI is InChI=1S/C18H24N2O/c1-18(2)11-19-9-10-20(18)17(21)16-14-8-7-12-5-3-4-6-13(12)15(14)16/h3-6,14-16,19H,7-11H2,1-2H3. The molecule has 0 bridgehead atoms.